The third-order valence-electron chi connectivity index (χ3n) is 4.30. The highest BCUT2D eigenvalue weighted by molar-refractivity contribution is 5.72. The molecule has 0 amide bonds. The van der Waals surface area contributed by atoms with Gasteiger partial charge in [0.2, 0.25) is 0 Å². The van der Waals surface area contributed by atoms with E-state index in [-0.39, 0.29) is 0 Å². The van der Waals surface area contributed by atoms with Crippen molar-refractivity contribution in [2.24, 2.45) is 0 Å². The maximum atomic E-state index is 4.80. The molecule has 1 heterocycles. The Kier molecular flexibility index (Phi) is 7.48. The van der Waals surface area contributed by atoms with Gasteiger partial charge >= 0.3 is 0 Å². The summed E-state index contributed by atoms with van der Waals surface area (Å²) in [5.74, 6) is 8.04. The van der Waals surface area contributed by atoms with E-state index in [9.17, 15) is 0 Å². The second-order valence-electron chi connectivity index (χ2n) is 6.52. The Balaban J connectivity index is 2.11. The first-order valence-corrected chi connectivity index (χ1v) is 9.95. The summed E-state index contributed by atoms with van der Waals surface area (Å²) in [6.45, 7) is 4.02. The van der Waals surface area contributed by atoms with Crippen LogP contribution in [0.4, 0.5) is 0 Å². The van der Waals surface area contributed by atoms with E-state index in [0.29, 0.717) is 23.9 Å². The number of hydrogen-bond acceptors (Lipinski definition) is 3. The highest BCUT2D eigenvalue weighted by Gasteiger charge is 2.12. The third-order valence-corrected chi connectivity index (χ3v) is 4.30. The number of nitrogens with zero attached hydrogens (tertiary/aromatic N) is 3. The van der Waals surface area contributed by atoms with Crippen LogP contribution in [0.1, 0.15) is 38.9 Å². The number of hydrogen-bond donors (Lipinski definition) is 0. The van der Waals surface area contributed by atoms with Gasteiger partial charge in [0, 0.05) is 23.1 Å². The molecule has 0 aliphatic rings. The smallest absolute Gasteiger partial charge is 0.164 e. The van der Waals surface area contributed by atoms with Crippen LogP contribution in [0.15, 0.2) is 78.9 Å². The van der Waals surface area contributed by atoms with E-state index in [0.717, 1.165) is 29.5 Å². The maximum Gasteiger partial charge on any atom is 0.164 e. The highest BCUT2D eigenvalue weighted by Crippen LogP contribution is 2.23. The summed E-state index contributed by atoms with van der Waals surface area (Å²) in [4.78, 5) is 14.4. The molecule has 0 aliphatic carbocycles. The monoisotopic (exact) mass is 379 g/mol. The zero-order valence-electron chi connectivity index (χ0n) is 17.0. The van der Waals surface area contributed by atoms with Gasteiger partial charge in [-0.3, -0.25) is 0 Å². The van der Waals surface area contributed by atoms with Crippen LogP contribution >= 0.6 is 0 Å². The van der Waals surface area contributed by atoms with Crippen molar-refractivity contribution in [2.45, 2.75) is 33.1 Å². The highest BCUT2D eigenvalue weighted by atomic mass is 15.0. The minimum Gasteiger partial charge on any atom is -0.208 e. The van der Waals surface area contributed by atoms with E-state index in [1.807, 2.05) is 67.6 Å². The molecule has 2 aromatic carbocycles. The molecule has 3 rings (SSSR count). The topological polar surface area (TPSA) is 38.7 Å². The zero-order valence-corrected chi connectivity index (χ0v) is 17.0. The Hall–Kier alpha value is -3.51. The first-order valence-electron chi connectivity index (χ1n) is 9.95. The molecule has 0 fully saturated rings. The normalized spacial score (nSPS) is 11.3. The van der Waals surface area contributed by atoms with Gasteiger partial charge in [-0.25, -0.2) is 15.0 Å². The van der Waals surface area contributed by atoms with Crippen LogP contribution in [0.3, 0.4) is 0 Å². The largest absolute Gasteiger partial charge is 0.208 e. The Morgan fingerprint density at radius 3 is 1.97 bits per heavy atom. The van der Waals surface area contributed by atoms with Crippen LogP contribution in [0.2, 0.25) is 0 Å². The number of unbranched alkanes of at least 4 members (excludes halogenated alkanes) is 1. The first kappa shape index (κ1) is 20.2. The van der Waals surface area contributed by atoms with Gasteiger partial charge in [-0.05, 0) is 13.3 Å². The summed E-state index contributed by atoms with van der Waals surface area (Å²) in [7, 11) is 0. The van der Waals surface area contributed by atoms with Crippen molar-refractivity contribution in [3.05, 3.63) is 84.7 Å². The molecule has 144 valence electrons. The van der Waals surface area contributed by atoms with Gasteiger partial charge < -0.3 is 0 Å². The van der Waals surface area contributed by atoms with Gasteiger partial charge in [0.1, 0.15) is 0 Å². The van der Waals surface area contributed by atoms with Crippen molar-refractivity contribution in [1.82, 2.24) is 15.0 Å². The maximum absolute atomic E-state index is 4.80. The van der Waals surface area contributed by atoms with Crippen molar-refractivity contribution >= 4 is 5.57 Å². The van der Waals surface area contributed by atoms with Crippen LogP contribution in [-0.2, 0) is 0 Å². The molecule has 29 heavy (non-hydrogen) atoms. The average molecular weight is 380 g/mol. The van der Waals surface area contributed by atoms with Crippen molar-refractivity contribution in [2.75, 3.05) is 0 Å². The summed E-state index contributed by atoms with van der Waals surface area (Å²) in [5.41, 5.74) is 2.95. The number of rotatable bonds is 7. The van der Waals surface area contributed by atoms with Crippen molar-refractivity contribution in [3.63, 3.8) is 0 Å². The van der Waals surface area contributed by atoms with Crippen LogP contribution < -0.4 is 0 Å². The summed E-state index contributed by atoms with van der Waals surface area (Å²) >= 11 is 0. The lowest BCUT2D eigenvalue weighted by Crippen LogP contribution is -2.02. The van der Waals surface area contributed by atoms with Crippen LogP contribution in [-0.4, -0.2) is 15.0 Å². The molecular formula is C26H25N3. The molecule has 0 saturated heterocycles. The molecule has 1 aromatic heterocycles. The van der Waals surface area contributed by atoms with Gasteiger partial charge in [-0.15, -0.1) is 5.92 Å². The molecule has 0 spiro atoms. The van der Waals surface area contributed by atoms with Crippen LogP contribution in [0.25, 0.3) is 28.3 Å². The fraction of sp³-hybridized carbons (Fsp3) is 0.192. The minimum atomic E-state index is 0.679. The Labute approximate surface area is 173 Å². The molecule has 3 aromatic rings. The number of allylic oxidation sites excluding steroid dienone is 4. The second-order valence-corrected chi connectivity index (χ2v) is 6.52. The van der Waals surface area contributed by atoms with E-state index in [1.54, 1.807) is 0 Å². The van der Waals surface area contributed by atoms with Gasteiger partial charge in [0.25, 0.3) is 0 Å². The Morgan fingerprint density at radius 1 is 0.862 bits per heavy atom. The minimum absolute atomic E-state index is 0.679. The lowest BCUT2D eigenvalue weighted by atomic mass is 10.1. The van der Waals surface area contributed by atoms with Crippen LogP contribution in [0.5, 0.6) is 0 Å². The lowest BCUT2D eigenvalue weighted by Gasteiger charge is -2.09. The SMILES string of the molecule is CC#CC/C=C\C(=C/CCC)c1nc(-c2ccccc2)nc(-c2ccccc2)n1. The first-order chi connectivity index (χ1) is 14.3. The second kappa shape index (κ2) is 10.7. The summed E-state index contributed by atoms with van der Waals surface area (Å²) < 4.78 is 0. The molecule has 0 saturated carbocycles. The van der Waals surface area contributed by atoms with Gasteiger partial charge in [0.15, 0.2) is 17.5 Å². The number of benzene rings is 2. The van der Waals surface area contributed by atoms with E-state index < -0.39 is 0 Å². The van der Waals surface area contributed by atoms with Gasteiger partial charge in [-0.2, -0.15) is 0 Å². The zero-order chi connectivity index (χ0) is 20.3. The predicted octanol–water partition coefficient (Wildman–Crippen LogP) is 6.36. The Morgan fingerprint density at radius 2 is 1.45 bits per heavy atom. The van der Waals surface area contributed by atoms with Crippen molar-refractivity contribution in [1.29, 1.82) is 0 Å². The molecule has 0 aliphatic heterocycles. The molecule has 3 nitrogen and oxygen atoms in total. The molecule has 3 heteroatoms. The molecule has 0 radical (unpaired) electrons. The summed E-state index contributed by atoms with van der Waals surface area (Å²) in [6.07, 6.45) is 9.06. The van der Waals surface area contributed by atoms with Crippen molar-refractivity contribution in [3.8, 4) is 34.6 Å². The Bertz CT molecular complexity index is 982. The number of aromatic nitrogens is 3. The van der Waals surface area contributed by atoms with Crippen LogP contribution in [0, 0.1) is 11.8 Å². The molecule has 0 atom stereocenters. The van der Waals surface area contributed by atoms with E-state index in [4.69, 9.17) is 15.0 Å². The average Bonchev–Trinajstić information content (AvgIpc) is 2.79. The molecule has 0 unspecified atom stereocenters. The van der Waals surface area contributed by atoms with Gasteiger partial charge in [0.05, 0.1) is 0 Å². The fourth-order valence-electron chi connectivity index (χ4n) is 2.82. The van der Waals surface area contributed by atoms with Crippen molar-refractivity contribution < 1.29 is 0 Å². The van der Waals surface area contributed by atoms with E-state index >= 15 is 0 Å². The molecule has 0 bridgehead atoms. The standard InChI is InChI=1S/C26H25N3/c1-3-5-7-10-16-21(15-6-4-2)24-27-25(22-17-11-8-12-18-22)29-26(28-24)23-19-13-9-14-20-23/h8-20H,4,6-7H2,1-2H3/b16-10-,21-15+. The molecule has 0 N–H and O–H groups in total. The molecular weight excluding hydrogens is 354 g/mol. The predicted molar refractivity (Wildman–Crippen MR) is 121 cm³/mol. The summed E-state index contributed by atoms with van der Waals surface area (Å²) in [6, 6.07) is 20.1. The lowest BCUT2D eigenvalue weighted by molar-refractivity contribution is 0.955. The van der Waals surface area contributed by atoms with E-state index in [1.165, 1.54) is 0 Å². The third kappa shape index (κ3) is 5.73. The van der Waals surface area contributed by atoms with Gasteiger partial charge in [-0.1, -0.05) is 98.2 Å². The van der Waals surface area contributed by atoms with E-state index in [2.05, 4.69) is 37.0 Å². The summed E-state index contributed by atoms with van der Waals surface area (Å²) in [5, 5.41) is 0. The fourth-order valence-corrected chi connectivity index (χ4v) is 2.82. The quantitative estimate of drug-likeness (QED) is 0.354.